The highest BCUT2D eigenvalue weighted by molar-refractivity contribution is 7.89. The van der Waals surface area contributed by atoms with Gasteiger partial charge in [0.05, 0.1) is 0 Å². The highest BCUT2D eigenvalue weighted by atomic mass is 35.5. The van der Waals surface area contributed by atoms with Crippen LogP contribution in [0.3, 0.4) is 0 Å². The zero-order valence-electron chi connectivity index (χ0n) is 7.86. The number of nitrogens with one attached hydrogen (secondary N) is 1. The predicted molar refractivity (Wildman–Crippen MR) is 54.7 cm³/mol. The van der Waals surface area contributed by atoms with Crippen molar-refractivity contribution in [3.8, 4) is 0 Å². The topological polar surface area (TPSA) is 59.1 Å². The normalized spacial score (nSPS) is 12.0. The van der Waals surface area contributed by atoms with Gasteiger partial charge in [0.2, 0.25) is 10.0 Å². The molecule has 0 unspecified atom stereocenters. The van der Waals surface area contributed by atoms with Gasteiger partial charge < -0.3 is 0 Å². The van der Waals surface area contributed by atoms with Crippen LogP contribution in [-0.2, 0) is 10.0 Å². The SMILES string of the molecule is CC(C)NS(=O)(=O)c1ccc(Cl)nc1. The van der Waals surface area contributed by atoms with Crippen molar-refractivity contribution in [1.82, 2.24) is 9.71 Å². The zero-order valence-corrected chi connectivity index (χ0v) is 9.43. The summed E-state index contributed by atoms with van der Waals surface area (Å²) < 4.78 is 25.6. The Kier molecular flexibility index (Phi) is 3.47. The first-order valence-electron chi connectivity index (χ1n) is 4.06. The van der Waals surface area contributed by atoms with Crippen LogP contribution in [-0.4, -0.2) is 19.4 Å². The molecule has 0 aromatic carbocycles. The van der Waals surface area contributed by atoms with E-state index in [9.17, 15) is 8.42 Å². The number of hydrogen-bond acceptors (Lipinski definition) is 3. The summed E-state index contributed by atoms with van der Waals surface area (Å²) >= 11 is 5.54. The Hall–Kier alpha value is -0.650. The molecular weight excluding hydrogens is 224 g/mol. The van der Waals surface area contributed by atoms with E-state index in [0.717, 1.165) is 0 Å². The van der Waals surface area contributed by atoms with Gasteiger partial charge in [-0.2, -0.15) is 0 Å². The average molecular weight is 235 g/mol. The first kappa shape index (κ1) is 11.4. The minimum atomic E-state index is -3.45. The van der Waals surface area contributed by atoms with Gasteiger partial charge in [-0.05, 0) is 26.0 Å². The summed E-state index contributed by atoms with van der Waals surface area (Å²) in [6, 6.07) is 2.71. The first-order chi connectivity index (χ1) is 6.42. The van der Waals surface area contributed by atoms with Crippen molar-refractivity contribution >= 4 is 21.6 Å². The third-order valence-electron chi connectivity index (χ3n) is 1.40. The first-order valence-corrected chi connectivity index (χ1v) is 5.92. The summed E-state index contributed by atoms with van der Waals surface area (Å²) in [4.78, 5) is 3.82. The lowest BCUT2D eigenvalue weighted by molar-refractivity contribution is 0.569. The molecule has 6 heteroatoms. The van der Waals surface area contributed by atoms with E-state index in [-0.39, 0.29) is 16.1 Å². The van der Waals surface area contributed by atoms with E-state index in [1.807, 2.05) is 0 Å². The number of aromatic nitrogens is 1. The highest BCUT2D eigenvalue weighted by Crippen LogP contribution is 2.10. The smallest absolute Gasteiger partial charge is 0.242 e. The van der Waals surface area contributed by atoms with Gasteiger partial charge in [-0.25, -0.2) is 18.1 Å². The molecule has 1 N–H and O–H groups in total. The minimum absolute atomic E-state index is 0.121. The zero-order chi connectivity index (χ0) is 10.8. The largest absolute Gasteiger partial charge is 0.243 e. The van der Waals surface area contributed by atoms with Crippen LogP contribution in [0.4, 0.5) is 0 Å². The lowest BCUT2D eigenvalue weighted by Gasteiger charge is -2.08. The van der Waals surface area contributed by atoms with Crippen molar-refractivity contribution in [2.75, 3.05) is 0 Å². The van der Waals surface area contributed by atoms with Gasteiger partial charge in [-0.3, -0.25) is 0 Å². The van der Waals surface area contributed by atoms with E-state index in [0.29, 0.717) is 0 Å². The second kappa shape index (κ2) is 4.25. The summed E-state index contributed by atoms with van der Waals surface area (Å²) in [6.07, 6.45) is 1.23. The Balaban J connectivity index is 2.99. The fraction of sp³-hybridized carbons (Fsp3) is 0.375. The Morgan fingerprint density at radius 1 is 1.43 bits per heavy atom. The van der Waals surface area contributed by atoms with Crippen molar-refractivity contribution in [3.05, 3.63) is 23.5 Å². The monoisotopic (exact) mass is 234 g/mol. The lowest BCUT2D eigenvalue weighted by atomic mass is 10.4. The Labute approximate surface area is 88.4 Å². The van der Waals surface area contributed by atoms with Crippen molar-refractivity contribution in [2.45, 2.75) is 24.8 Å². The Morgan fingerprint density at radius 3 is 2.50 bits per heavy atom. The Morgan fingerprint density at radius 2 is 2.07 bits per heavy atom. The predicted octanol–water partition coefficient (Wildman–Crippen LogP) is 1.42. The van der Waals surface area contributed by atoms with Gasteiger partial charge in [0, 0.05) is 12.2 Å². The van der Waals surface area contributed by atoms with Crippen LogP contribution in [0.15, 0.2) is 23.2 Å². The van der Waals surface area contributed by atoms with E-state index in [2.05, 4.69) is 9.71 Å². The molecule has 4 nitrogen and oxygen atoms in total. The van der Waals surface area contributed by atoms with E-state index >= 15 is 0 Å². The fourth-order valence-electron chi connectivity index (χ4n) is 0.900. The number of halogens is 1. The second-order valence-corrected chi connectivity index (χ2v) is 5.19. The van der Waals surface area contributed by atoms with Crippen molar-refractivity contribution in [1.29, 1.82) is 0 Å². The fourth-order valence-corrected chi connectivity index (χ4v) is 2.21. The Bertz CT molecular complexity index is 400. The van der Waals surface area contributed by atoms with Crippen LogP contribution in [0.25, 0.3) is 0 Å². The number of sulfonamides is 1. The van der Waals surface area contributed by atoms with E-state index in [4.69, 9.17) is 11.6 Å². The van der Waals surface area contributed by atoms with Crippen molar-refractivity contribution in [2.24, 2.45) is 0 Å². The maximum Gasteiger partial charge on any atom is 0.242 e. The molecule has 1 heterocycles. The van der Waals surface area contributed by atoms with Crippen LogP contribution >= 0.6 is 11.6 Å². The third kappa shape index (κ3) is 2.94. The van der Waals surface area contributed by atoms with Crippen LogP contribution < -0.4 is 4.72 Å². The number of pyridine rings is 1. The van der Waals surface area contributed by atoms with Gasteiger partial charge in [0.1, 0.15) is 10.0 Å². The van der Waals surface area contributed by atoms with Gasteiger partial charge in [-0.1, -0.05) is 11.6 Å². The van der Waals surface area contributed by atoms with Gasteiger partial charge in [-0.15, -0.1) is 0 Å². The molecule has 0 radical (unpaired) electrons. The van der Waals surface area contributed by atoms with Crippen LogP contribution in [0.5, 0.6) is 0 Å². The van der Waals surface area contributed by atoms with Crippen LogP contribution in [0.2, 0.25) is 5.15 Å². The maximum absolute atomic E-state index is 11.6. The molecule has 1 aromatic heterocycles. The van der Waals surface area contributed by atoms with Gasteiger partial charge in [0.25, 0.3) is 0 Å². The molecule has 0 spiro atoms. The maximum atomic E-state index is 11.6. The minimum Gasteiger partial charge on any atom is -0.243 e. The molecule has 1 rings (SSSR count). The molecule has 0 aliphatic rings. The molecule has 78 valence electrons. The third-order valence-corrected chi connectivity index (χ3v) is 3.27. The van der Waals surface area contributed by atoms with Crippen molar-refractivity contribution in [3.63, 3.8) is 0 Å². The molecule has 0 bridgehead atoms. The number of hydrogen-bond donors (Lipinski definition) is 1. The van der Waals surface area contributed by atoms with E-state index in [1.54, 1.807) is 13.8 Å². The molecule has 0 atom stereocenters. The summed E-state index contributed by atoms with van der Waals surface area (Å²) in [6.45, 7) is 3.50. The summed E-state index contributed by atoms with van der Waals surface area (Å²) in [5.41, 5.74) is 0. The van der Waals surface area contributed by atoms with Crippen molar-refractivity contribution < 1.29 is 8.42 Å². The second-order valence-electron chi connectivity index (χ2n) is 3.09. The molecule has 14 heavy (non-hydrogen) atoms. The van der Waals surface area contributed by atoms with Gasteiger partial charge >= 0.3 is 0 Å². The lowest BCUT2D eigenvalue weighted by Crippen LogP contribution is -2.30. The molecule has 0 fully saturated rings. The molecule has 1 aromatic rings. The average Bonchev–Trinajstić information content (AvgIpc) is 2.02. The molecule has 0 amide bonds. The molecule has 0 saturated carbocycles. The number of nitrogens with zero attached hydrogens (tertiary/aromatic N) is 1. The summed E-state index contributed by atoms with van der Waals surface area (Å²) in [5, 5.41) is 0.272. The van der Waals surface area contributed by atoms with Gasteiger partial charge in [0.15, 0.2) is 0 Å². The van der Waals surface area contributed by atoms with Crippen LogP contribution in [0, 0.1) is 0 Å². The molecule has 0 aliphatic carbocycles. The molecule has 0 saturated heterocycles. The standard InChI is InChI=1S/C8H11ClN2O2S/c1-6(2)11-14(12,13)7-3-4-8(9)10-5-7/h3-6,11H,1-2H3. The van der Waals surface area contributed by atoms with E-state index in [1.165, 1.54) is 18.3 Å². The quantitative estimate of drug-likeness (QED) is 0.805. The number of rotatable bonds is 3. The highest BCUT2D eigenvalue weighted by Gasteiger charge is 2.14. The van der Waals surface area contributed by atoms with E-state index < -0.39 is 10.0 Å². The summed E-state index contributed by atoms with van der Waals surface area (Å²) in [7, 11) is -3.45. The van der Waals surface area contributed by atoms with Crippen LogP contribution in [0.1, 0.15) is 13.8 Å². The molecular formula is C8H11ClN2O2S. The molecule has 0 aliphatic heterocycles. The summed E-state index contributed by atoms with van der Waals surface area (Å²) in [5.74, 6) is 0.